The summed E-state index contributed by atoms with van der Waals surface area (Å²) in [4.78, 5) is 17.5. The van der Waals surface area contributed by atoms with E-state index in [2.05, 4.69) is 23.9 Å². The maximum Gasteiger partial charge on any atom is 0.299 e. The van der Waals surface area contributed by atoms with Gasteiger partial charge in [0.15, 0.2) is 0 Å². The second kappa shape index (κ2) is 5.14. The summed E-state index contributed by atoms with van der Waals surface area (Å²) in [5, 5.41) is 0. The topological polar surface area (TPSA) is 36.1 Å². The van der Waals surface area contributed by atoms with Crippen molar-refractivity contribution in [2.75, 3.05) is 0 Å². The number of carbonyl (C=O) groups excluding carboxylic acids is 1. The van der Waals surface area contributed by atoms with E-state index >= 15 is 0 Å². The highest BCUT2D eigenvalue weighted by Crippen LogP contribution is 2.37. The molecule has 3 nitrogen and oxygen atoms in total. The standard InChI is InChI=1S/C18H18N2O/c1-4-16(21)20-13(3)11-15-10-12(2)19-17(15)18(20)14-8-6-5-7-9-14/h1,5-10,13,18-19H,11H2,2-3H3/t13-,18-/m0/s1. The third-order valence-corrected chi connectivity index (χ3v) is 4.08. The van der Waals surface area contributed by atoms with E-state index in [1.807, 2.05) is 42.2 Å². The van der Waals surface area contributed by atoms with Gasteiger partial charge in [-0.15, -0.1) is 6.42 Å². The van der Waals surface area contributed by atoms with E-state index in [0.29, 0.717) is 0 Å². The quantitative estimate of drug-likeness (QED) is 0.800. The van der Waals surface area contributed by atoms with Crippen LogP contribution in [0.4, 0.5) is 0 Å². The largest absolute Gasteiger partial charge is 0.360 e. The highest BCUT2D eigenvalue weighted by atomic mass is 16.2. The Hall–Kier alpha value is -2.47. The van der Waals surface area contributed by atoms with Crippen LogP contribution >= 0.6 is 0 Å². The Morgan fingerprint density at radius 3 is 2.76 bits per heavy atom. The van der Waals surface area contributed by atoms with Crippen molar-refractivity contribution in [3.8, 4) is 12.3 Å². The van der Waals surface area contributed by atoms with Crippen molar-refractivity contribution in [3.63, 3.8) is 0 Å². The number of aromatic amines is 1. The fraction of sp³-hybridized carbons (Fsp3) is 0.278. The second-order valence-electron chi connectivity index (χ2n) is 5.61. The summed E-state index contributed by atoms with van der Waals surface area (Å²) in [5.41, 5.74) is 4.55. The first-order valence-corrected chi connectivity index (χ1v) is 7.14. The van der Waals surface area contributed by atoms with E-state index < -0.39 is 0 Å². The lowest BCUT2D eigenvalue weighted by atomic mass is 9.90. The molecule has 106 valence electrons. The summed E-state index contributed by atoms with van der Waals surface area (Å²) in [6.45, 7) is 4.09. The average molecular weight is 278 g/mol. The molecule has 1 aromatic carbocycles. The molecule has 1 aliphatic heterocycles. The Bertz CT molecular complexity index is 709. The first-order chi connectivity index (χ1) is 10.1. The first kappa shape index (κ1) is 13.5. The van der Waals surface area contributed by atoms with Crippen LogP contribution in [0.15, 0.2) is 36.4 Å². The number of hydrogen-bond acceptors (Lipinski definition) is 1. The summed E-state index contributed by atoms with van der Waals surface area (Å²) >= 11 is 0. The molecule has 3 heteroatoms. The maximum absolute atomic E-state index is 12.3. The van der Waals surface area contributed by atoms with E-state index in [4.69, 9.17) is 6.42 Å². The van der Waals surface area contributed by atoms with Gasteiger partial charge in [0.05, 0.1) is 6.04 Å². The molecule has 0 fully saturated rings. The van der Waals surface area contributed by atoms with Gasteiger partial charge < -0.3 is 9.88 Å². The van der Waals surface area contributed by atoms with Crippen LogP contribution in [0.3, 0.4) is 0 Å². The molecule has 0 spiro atoms. The van der Waals surface area contributed by atoms with Crippen LogP contribution in [-0.4, -0.2) is 21.8 Å². The molecule has 2 aromatic rings. The minimum absolute atomic E-state index is 0.0847. The van der Waals surface area contributed by atoms with E-state index in [0.717, 1.165) is 23.4 Å². The summed E-state index contributed by atoms with van der Waals surface area (Å²) < 4.78 is 0. The van der Waals surface area contributed by atoms with Crippen LogP contribution in [0.1, 0.15) is 35.5 Å². The molecule has 0 radical (unpaired) electrons. The maximum atomic E-state index is 12.3. The van der Waals surface area contributed by atoms with Gasteiger partial charge in [-0.25, -0.2) is 0 Å². The number of carbonyl (C=O) groups is 1. The average Bonchev–Trinajstić information content (AvgIpc) is 2.85. The summed E-state index contributed by atoms with van der Waals surface area (Å²) in [6, 6.07) is 12.1. The zero-order chi connectivity index (χ0) is 15.0. The highest BCUT2D eigenvalue weighted by molar-refractivity contribution is 5.94. The molecule has 0 aliphatic carbocycles. The number of hydrogen-bond donors (Lipinski definition) is 1. The predicted molar refractivity (Wildman–Crippen MR) is 82.7 cm³/mol. The summed E-state index contributed by atoms with van der Waals surface area (Å²) in [7, 11) is 0. The van der Waals surface area contributed by atoms with Crippen molar-refractivity contribution >= 4 is 5.91 Å². The van der Waals surface area contributed by atoms with Gasteiger partial charge in [-0.1, -0.05) is 30.3 Å². The van der Waals surface area contributed by atoms with E-state index in [1.165, 1.54) is 5.56 Å². The Labute approximate surface area is 125 Å². The highest BCUT2D eigenvalue weighted by Gasteiger charge is 2.36. The molecule has 3 rings (SSSR count). The number of benzene rings is 1. The number of H-pyrrole nitrogens is 1. The smallest absolute Gasteiger partial charge is 0.299 e. The van der Waals surface area contributed by atoms with Gasteiger partial charge in [-0.2, -0.15) is 0 Å². The SMILES string of the molecule is C#CC(=O)N1[C@@H](c2ccccc2)c2[nH]c(C)cc2C[C@@H]1C. The molecule has 1 aromatic heterocycles. The molecule has 1 N–H and O–H groups in total. The van der Waals surface area contributed by atoms with Gasteiger partial charge in [0.25, 0.3) is 5.91 Å². The van der Waals surface area contributed by atoms with Crippen LogP contribution < -0.4 is 0 Å². The Kier molecular flexibility index (Phi) is 3.31. The van der Waals surface area contributed by atoms with Crippen molar-refractivity contribution in [2.24, 2.45) is 0 Å². The van der Waals surface area contributed by atoms with Crippen LogP contribution in [-0.2, 0) is 11.2 Å². The first-order valence-electron chi connectivity index (χ1n) is 7.14. The van der Waals surface area contributed by atoms with E-state index in [9.17, 15) is 4.79 Å². The van der Waals surface area contributed by atoms with Gasteiger partial charge in [0.2, 0.25) is 0 Å². The normalized spacial score (nSPS) is 20.7. The van der Waals surface area contributed by atoms with Crippen LogP contribution in [0, 0.1) is 19.3 Å². The Morgan fingerprint density at radius 2 is 2.10 bits per heavy atom. The lowest BCUT2D eigenvalue weighted by molar-refractivity contribution is -0.129. The molecule has 0 saturated heterocycles. The molecule has 0 bridgehead atoms. The fourth-order valence-corrected chi connectivity index (χ4v) is 3.25. The number of fused-ring (bicyclic) bond motifs is 1. The molecule has 2 atom stereocenters. The zero-order valence-corrected chi connectivity index (χ0v) is 12.3. The molecule has 2 heterocycles. The molecule has 0 unspecified atom stereocenters. The van der Waals surface area contributed by atoms with E-state index in [-0.39, 0.29) is 18.0 Å². The molecular formula is C18H18N2O. The number of rotatable bonds is 1. The molecule has 21 heavy (non-hydrogen) atoms. The third-order valence-electron chi connectivity index (χ3n) is 4.08. The second-order valence-corrected chi connectivity index (χ2v) is 5.61. The zero-order valence-electron chi connectivity index (χ0n) is 12.3. The van der Waals surface area contributed by atoms with Crippen molar-refractivity contribution in [3.05, 3.63) is 58.9 Å². The molecular weight excluding hydrogens is 260 g/mol. The van der Waals surface area contributed by atoms with Crippen LogP contribution in [0.5, 0.6) is 0 Å². The number of aromatic nitrogens is 1. The molecule has 1 aliphatic rings. The van der Waals surface area contributed by atoms with Crippen LogP contribution in [0.25, 0.3) is 0 Å². The number of nitrogens with one attached hydrogen (secondary N) is 1. The van der Waals surface area contributed by atoms with Gasteiger partial charge >= 0.3 is 0 Å². The third kappa shape index (κ3) is 2.23. The number of aryl methyl sites for hydroxylation is 1. The van der Waals surface area contributed by atoms with Gasteiger partial charge in [-0.05, 0) is 43.4 Å². The number of terminal acetylenes is 1. The lowest BCUT2D eigenvalue weighted by Crippen LogP contribution is -2.45. The minimum Gasteiger partial charge on any atom is -0.360 e. The molecule has 0 saturated carbocycles. The van der Waals surface area contributed by atoms with Crippen LogP contribution in [0.2, 0.25) is 0 Å². The van der Waals surface area contributed by atoms with Gasteiger partial charge in [0, 0.05) is 17.4 Å². The molecule has 1 amide bonds. The fourth-order valence-electron chi connectivity index (χ4n) is 3.25. The Balaban J connectivity index is 2.17. The van der Waals surface area contributed by atoms with Gasteiger partial charge in [0.1, 0.15) is 0 Å². The predicted octanol–water partition coefficient (Wildman–Crippen LogP) is 2.82. The number of nitrogens with zero attached hydrogens (tertiary/aromatic N) is 1. The van der Waals surface area contributed by atoms with E-state index in [1.54, 1.807) is 0 Å². The summed E-state index contributed by atoms with van der Waals surface area (Å²) in [5.74, 6) is 2.02. The minimum atomic E-state index is -0.255. The van der Waals surface area contributed by atoms with Crippen molar-refractivity contribution in [1.29, 1.82) is 0 Å². The number of amides is 1. The van der Waals surface area contributed by atoms with Gasteiger partial charge in [-0.3, -0.25) is 4.79 Å². The Morgan fingerprint density at radius 1 is 1.38 bits per heavy atom. The summed E-state index contributed by atoms with van der Waals surface area (Å²) in [6.07, 6.45) is 6.21. The monoisotopic (exact) mass is 278 g/mol. The van der Waals surface area contributed by atoms with Crippen molar-refractivity contribution in [2.45, 2.75) is 32.4 Å². The van der Waals surface area contributed by atoms with Crippen molar-refractivity contribution in [1.82, 2.24) is 9.88 Å². The lowest BCUT2D eigenvalue weighted by Gasteiger charge is -2.39. The van der Waals surface area contributed by atoms with Crippen molar-refractivity contribution < 1.29 is 4.79 Å².